The van der Waals surface area contributed by atoms with E-state index >= 15 is 0 Å². The van der Waals surface area contributed by atoms with Crippen LogP contribution in [-0.2, 0) is 11.3 Å². The largest absolute Gasteiger partial charge is 0.381 e. The van der Waals surface area contributed by atoms with Crippen molar-refractivity contribution in [2.24, 2.45) is 5.92 Å². The number of halogens is 2. The molecular weight excluding hydrogens is 257 g/mol. The third kappa shape index (κ3) is 3.59. The van der Waals surface area contributed by atoms with Crippen LogP contribution < -0.4 is 5.32 Å². The van der Waals surface area contributed by atoms with Crippen molar-refractivity contribution in [1.29, 1.82) is 0 Å². The SMILES string of the molecule is CC(NCc1ccc(Cl)cc1Cl)C1CCOC1. The van der Waals surface area contributed by atoms with E-state index in [-0.39, 0.29) is 0 Å². The zero-order valence-electron chi connectivity index (χ0n) is 9.88. The first-order valence-electron chi connectivity index (χ1n) is 5.92. The van der Waals surface area contributed by atoms with Gasteiger partial charge in [-0.05, 0) is 37.0 Å². The van der Waals surface area contributed by atoms with Crippen molar-refractivity contribution in [2.75, 3.05) is 13.2 Å². The van der Waals surface area contributed by atoms with E-state index < -0.39 is 0 Å². The maximum absolute atomic E-state index is 6.12. The standard InChI is InChI=1S/C13H17Cl2NO/c1-9(11-4-5-17-8-11)16-7-10-2-3-12(14)6-13(10)15/h2-3,6,9,11,16H,4-5,7-8H2,1H3. The van der Waals surface area contributed by atoms with Crippen LogP contribution >= 0.6 is 23.2 Å². The Bertz CT molecular complexity index is 378. The lowest BCUT2D eigenvalue weighted by atomic mass is 10.0. The highest BCUT2D eigenvalue weighted by atomic mass is 35.5. The average molecular weight is 274 g/mol. The predicted octanol–water partition coefficient (Wildman–Crippen LogP) is 3.51. The Labute approximate surface area is 112 Å². The van der Waals surface area contributed by atoms with Crippen molar-refractivity contribution in [3.63, 3.8) is 0 Å². The van der Waals surface area contributed by atoms with Gasteiger partial charge in [0.05, 0.1) is 6.61 Å². The summed E-state index contributed by atoms with van der Waals surface area (Å²) in [7, 11) is 0. The van der Waals surface area contributed by atoms with Crippen LogP contribution in [0, 0.1) is 5.92 Å². The van der Waals surface area contributed by atoms with Crippen molar-refractivity contribution in [3.8, 4) is 0 Å². The zero-order valence-corrected chi connectivity index (χ0v) is 11.4. The summed E-state index contributed by atoms with van der Waals surface area (Å²) in [6.45, 7) is 4.72. The summed E-state index contributed by atoms with van der Waals surface area (Å²) >= 11 is 12.0. The highest BCUT2D eigenvalue weighted by molar-refractivity contribution is 6.35. The van der Waals surface area contributed by atoms with Crippen LogP contribution in [-0.4, -0.2) is 19.3 Å². The van der Waals surface area contributed by atoms with Crippen molar-refractivity contribution < 1.29 is 4.74 Å². The first-order chi connectivity index (χ1) is 8.16. The summed E-state index contributed by atoms with van der Waals surface area (Å²) in [6, 6.07) is 6.07. The van der Waals surface area contributed by atoms with Crippen LogP contribution in [0.3, 0.4) is 0 Å². The average Bonchev–Trinajstić information content (AvgIpc) is 2.81. The Morgan fingerprint density at radius 1 is 1.47 bits per heavy atom. The lowest BCUT2D eigenvalue weighted by Crippen LogP contribution is -2.33. The van der Waals surface area contributed by atoms with E-state index in [1.165, 1.54) is 0 Å². The van der Waals surface area contributed by atoms with Gasteiger partial charge < -0.3 is 10.1 Å². The number of benzene rings is 1. The summed E-state index contributed by atoms with van der Waals surface area (Å²) in [5, 5.41) is 4.89. The van der Waals surface area contributed by atoms with Crippen molar-refractivity contribution in [3.05, 3.63) is 33.8 Å². The molecule has 2 unspecified atom stereocenters. The second kappa shape index (κ2) is 6.05. The molecule has 2 nitrogen and oxygen atoms in total. The van der Waals surface area contributed by atoms with E-state index in [1.54, 1.807) is 6.07 Å². The summed E-state index contributed by atoms with van der Waals surface area (Å²) < 4.78 is 5.39. The van der Waals surface area contributed by atoms with E-state index in [1.807, 2.05) is 12.1 Å². The highest BCUT2D eigenvalue weighted by Gasteiger charge is 2.21. The molecule has 0 radical (unpaired) electrons. The number of rotatable bonds is 4. The molecule has 1 aliphatic heterocycles. The molecule has 0 saturated carbocycles. The van der Waals surface area contributed by atoms with Gasteiger partial charge in [0.2, 0.25) is 0 Å². The smallest absolute Gasteiger partial charge is 0.0509 e. The minimum atomic E-state index is 0.448. The van der Waals surface area contributed by atoms with E-state index in [4.69, 9.17) is 27.9 Å². The Balaban J connectivity index is 1.88. The van der Waals surface area contributed by atoms with Crippen molar-refractivity contribution >= 4 is 23.2 Å². The number of hydrogen-bond acceptors (Lipinski definition) is 2. The Hall–Kier alpha value is -0.280. The maximum atomic E-state index is 6.12. The molecule has 1 fully saturated rings. The maximum Gasteiger partial charge on any atom is 0.0509 e. The van der Waals surface area contributed by atoms with Gasteiger partial charge in [-0.1, -0.05) is 29.3 Å². The Morgan fingerprint density at radius 2 is 2.29 bits per heavy atom. The van der Waals surface area contributed by atoms with Gasteiger partial charge in [0.15, 0.2) is 0 Å². The van der Waals surface area contributed by atoms with E-state index in [9.17, 15) is 0 Å². The Morgan fingerprint density at radius 3 is 2.94 bits per heavy atom. The van der Waals surface area contributed by atoms with Gasteiger partial charge in [-0.25, -0.2) is 0 Å². The number of hydrogen-bond donors (Lipinski definition) is 1. The van der Waals surface area contributed by atoms with E-state index in [0.29, 0.717) is 17.0 Å². The lowest BCUT2D eigenvalue weighted by molar-refractivity contribution is 0.178. The van der Waals surface area contributed by atoms with Gasteiger partial charge in [-0.3, -0.25) is 0 Å². The molecule has 0 aliphatic carbocycles. The van der Waals surface area contributed by atoms with Crippen LogP contribution in [0.1, 0.15) is 18.9 Å². The summed E-state index contributed by atoms with van der Waals surface area (Å²) in [4.78, 5) is 0. The monoisotopic (exact) mass is 273 g/mol. The highest BCUT2D eigenvalue weighted by Crippen LogP contribution is 2.22. The van der Waals surface area contributed by atoms with Crippen molar-refractivity contribution in [1.82, 2.24) is 5.32 Å². The van der Waals surface area contributed by atoms with Gasteiger partial charge in [-0.2, -0.15) is 0 Å². The van der Waals surface area contributed by atoms with Gasteiger partial charge in [0, 0.05) is 29.2 Å². The Kier molecular flexibility index (Phi) is 4.69. The fraction of sp³-hybridized carbons (Fsp3) is 0.538. The predicted molar refractivity (Wildman–Crippen MR) is 71.7 cm³/mol. The van der Waals surface area contributed by atoms with E-state index in [0.717, 1.165) is 36.8 Å². The van der Waals surface area contributed by atoms with Gasteiger partial charge in [-0.15, -0.1) is 0 Å². The lowest BCUT2D eigenvalue weighted by Gasteiger charge is -2.19. The second-order valence-corrected chi connectivity index (χ2v) is 5.37. The van der Waals surface area contributed by atoms with Gasteiger partial charge >= 0.3 is 0 Å². The fourth-order valence-electron chi connectivity index (χ4n) is 2.05. The van der Waals surface area contributed by atoms with Gasteiger partial charge in [0.1, 0.15) is 0 Å². The van der Waals surface area contributed by atoms with Crippen LogP contribution in [0.25, 0.3) is 0 Å². The molecule has 1 heterocycles. The van der Waals surface area contributed by atoms with Crippen LogP contribution in [0.5, 0.6) is 0 Å². The molecule has 1 aromatic carbocycles. The molecule has 1 aromatic rings. The molecule has 1 N–H and O–H groups in total. The van der Waals surface area contributed by atoms with Crippen LogP contribution in [0.4, 0.5) is 0 Å². The third-order valence-electron chi connectivity index (χ3n) is 3.30. The normalized spacial score (nSPS) is 21.7. The summed E-state index contributed by atoms with van der Waals surface area (Å²) in [6.07, 6.45) is 1.14. The molecule has 1 saturated heterocycles. The third-order valence-corrected chi connectivity index (χ3v) is 3.89. The summed E-state index contributed by atoms with van der Waals surface area (Å²) in [5.74, 6) is 0.612. The minimum absolute atomic E-state index is 0.448. The molecule has 1 aliphatic rings. The second-order valence-electron chi connectivity index (χ2n) is 4.53. The molecule has 2 atom stereocenters. The topological polar surface area (TPSA) is 21.3 Å². The first kappa shape index (κ1) is 13.2. The summed E-state index contributed by atoms with van der Waals surface area (Å²) in [5.41, 5.74) is 1.09. The van der Waals surface area contributed by atoms with Crippen LogP contribution in [0.2, 0.25) is 10.0 Å². The molecule has 0 amide bonds. The minimum Gasteiger partial charge on any atom is -0.381 e. The molecule has 0 aromatic heterocycles. The molecule has 17 heavy (non-hydrogen) atoms. The van der Waals surface area contributed by atoms with Crippen LogP contribution in [0.15, 0.2) is 18.2 Å². The quantitative estimate of drug-likeness (QED) is 0.907. The van der Waals surface area contributed by atoms with Crippen molar-refractivity contribution in [2.45, 2.75) is 25.9 Å². The molecule has 94 valence electrons. The molecular formula is C13H17Cl2NO. The molecule has 4 heteroatoms. The fourth-order valence-corrected chi connectivity index (χ4v) is 2.53. The first-order valence-corrected chi connectivity index (χ1v) is 6.67. The van der Waals surface area contributed by atoms with Gasteiger partial charge in [0.25, 0.3) is 0 Å². The number of ether oxygens (including phenoxy) is 1. The van der Waals surface area contributed by atoms with E-state index in [2.05, 4.69) is 12.2 Å². The number of nitrogens with one attached hydrogen (secondary N) is 1. The molecule has 0 spiro atoms. The zero-order chi connectivity index (χ0) is 12.3. The molecule has 0 bridgehead atoms. The molecule has 2 rings (SSSR count).